The molecule has 1 aliphatic rings. The Morgan fingerprint density at radius 3 is 2.50 bits per heavy atom. The first kappa shape index (κ1) is 25.8. The molecule has 2 N–H and O–H groups in total. The van der Waals surface area contributed by atoms with Gasteiger partial charge in [-0.15, -0.1) is 0 Å². The second-order valence-electron chi connectivity index (χ2n) is 7.87. The lowest BCUT2D eigenvalue weighted by Gasteiger charge is -2.21. The maximum atomic E-state index is 13.4. The molecule has 0 amide bonds. The van der Waals surface area contributed by atoms with E-state index in [2.05, 4.69) is 10.3 Å². The Labute approximate surface area is 192 Å². The number of fused-ring (bicyclic) bond motifs is 1. The van der Waals surface area contributed by atoms with Crippen LogP contribution < -0.4 is 5.32 Å². The maximum Gasteiger partial charge on any atom is 0.433 e. The van der Waals surface area contributed by atoms with Crippen molar-refractivity contribution in [1.82, 2.24) is 10.3 Å². The highest BCUT2D eigenvalue weighted by molar-refractivity contribution is 5.86. The van der Waals surface area contributed by atoms with Gasteiger partial charge in [0.25, 0.3) is 0 Å². The Morgan fingerprint density at radius 1 is 1.15 bits per heavy atom. The first-order valence-corrected chi connectivity index (χ1v) is 10.5. The van der Waals surface area contributed by atoms with Gasteiger partial charge in [0.2, 0.25) is 0 Å². The molecule has 2 aromatic rings. The van der Waals surface area contributed by atoms with Gasteiger partial charge in [0.05, 0.1) is 35.8 Å². The van der Waals surface area contributed by atoms with Crippen molar-refractivity contribution < 1.29 is 40.9 Å². The summed E-state index contributed by atoms with van der Waals surface area (Å²) in [7, 11) is 1.59. The number of halogens is 6. The van der Waals surface area contributed by atoms with E-state index in [1.165, 1.54) is 6.07 Å². The third kappa shape index (κ3) is 6.01. The van der Waals surface area contributed by atoms with Crippen molar-refractivity contribution in [3.05, 3.63) is 64.8 Å². The minimum absolute atomic E-state index is 0.157. The minimum atomic E-state index is -4.98. The standard InChI is InChI=1S/C23H24F6N2O3/c1-13-10-14(6-7-19(13)33-2)34-9-8-30-12-18(32)16-11-20(23(27,28)29)31-21-15(16)4-3-5-17(21)22(24,25)26/h3-7,11,13,18,30,32H,8-10,12H2,1-2H3. The summed E-state index contributed by atoms with van der Waals surface area (Å²) in [6.45, 7) is 2.27. The normalized spacial score (nSPS) is 17.9. The van der Waals surface area contributed by atoms with Gasteiger partial charge in [0, 0.05) is 30.8 Å². The van der Waals surface area contributed by atoms with Crippen LogP contribution in [0.25, 0.3) is 10.9 Å². The fourth-order valence-corrected chi connectivity index (χ4v) is 3.71. The molecule has 1 aromatic heterocycles. The predicted octanol–water partition coefficient (Wildman–Crippen LogP) is 5.37. The molecule has 2 atom stereocenters. The predicted molar refractivity (Wildman–Crippen MR) is 112 cm³/mol. The van der Waals surface area contributed by atoms with Gasteiger partial charge in [-0.2, -0.15) is 26.3 Å². The third-order valence-corrected chi connectivity index (χ3v) is 5.39. The van der Waals surface area contributed by atoms with Gasteiger partial charge in [0.15, 0.2) is 0 Å². The summed E-state index contributed by atoms with van der Waals surface area (Å²) in [6.07, 6.45) is -7.15. The number of methoxy groups -OCH3 is 1. The molecule has 34 heavy (non-hydrogen) atoms. The summed E-state index contributed by atoms with van der Waals surface area (Å²) in [4.78, 5) is 3.22. The van der Waals surface area contributed by atoms with Crippen molar-refractivity contribution in [1.29, 1.82) is 0 Å². The molecule has 5 nitrogen and oxygen atoms in total. The van der Waals surface area contributed by atoms with Crippen LogP contribution in [-0.2, 0) is 21.8 Å². The number of nitrogens with zero attached hydrogens (tertiary/aromatic N) is 1. The van der Waals surface area contributed by atoms with E-state index in [0.29, 0.717) is 18.6 Å². The van der Waals surface area contributed by atoms with Gasteiger partial charge in [-0.25, -0.2) is 4.98 Å². The van der Waals surface area contributed by atoms with Crippen LogP contribution in [-0.4, -0.2) is 36.9 Å². The molecule has 186 valence electrons. The zero-order valence-corrected chi connectivity index (χ0v) is 18.4. The Hall–Kier alpha value is -2.79. The molecule has 11 heteroatoms. The van der Waals surface area contributed by atoms with E-state index in [1.807, 2.05) is 13.0 Å². The molecule has 1 heterocycles. The Balaban J connectivity index is 1.72. The molecular formula is C23H24F6N2O3. The quantitative estimate of drug-likeness (QED) is 0.385. The van der Waals surface area contributed by atoms with Gasteiger partial charge >= 0.3 is 12.4 Å². The van der Waals surface area contributed by atoms with Gasteiger partial charge < -0.3 is 19.9 Å². The minimum Gasteiger partial charge on any atom is -0.501 e. The summed E-state index contributed by atoms with van der Waals surface area (Å²) in [5.74, 6) is 1.74. The molecule has 0 aliphatic heterocycles. The number of aromatic nitrogens is 1. The summed E-state index contributed by atoms with van der Waals surface area (Å²) in [5, 5.41) is 13.2. The van der Waals surface area contributed by atoms with E-state index in [1.54, 1.807) is 13.2 Å². The van der Waals surface area contributed by atoms with Gasteiger partial charge in [-0.3, -0.25) is 0 Å². The highest BCUT2D eigenvalue weighted by Crippen LogP contribution is 2.38. The molecule has 1 aromatic carbocycles. The first-order chi connectivity index (χ1) is 15.9. The van der Waals surface area contributed by atoms with Crippen molar-refractivity contribution in [3.63, 3.8) is 0 Å². The van der Waals surface area contributed by atoms with Crippen molar-refractivity contribution in [2.45, 2.75) is 31.8 Å². The van der Waals surface area contributed by atoms with E-state index in [-0.39, 0.29) is 36.6 Å². The first-order valence-electron chi connectivity index (χ1n) is 10.5. The van der Waals surface area contributed by atoms with E-state index in [4.69, 9.17) is 9.47 Å². The van der Waals surface area contributed by atoms with Gasteiger partial charge in [0.1, 0.15) is 12.3 Å². The van der Waals surface area contributed by atoms with Crippen molar-refractivity contribution >= 4 is 10.9 Å². The Bertz CT molecular complexity index is 1080. The number of para-hydroxylation sites is 1. The second-order valence-corrected chi connectivity index (χ2v) is 7.87. The monoisotopic (exact) mass is 490 g/mol. The highest BCUT2D eigenvalue weighted by Gasteiger charge is 2.38. The zero-order chi connectivity index (χ0) is 25.1. The van der Waals surface area contributed by atoms with Crippen LogP contribution in [0.2, 0.25) is 0 Å². The molecule has 0 spiro atoms. The molecule has 0 bridgehead atoms. The van der Waals surface area contributed by atoms with Crippen LogP contribution in [0.4, 0.5) is 26.3 Å². The lowest BCUT2D eigenvalue weighted by Crippen LogP contribution is -2.26. The second kappa shape index (κ2) is 10.2. The number of hydrogen-bond donors (Lipinski definition) is 2. The number of aliphatic hydroxyl groups is 1. The van der Waals surface area contributed by atoms with Crippen LogP contribution in [0, 0.1) is 5.92 Å². The number of allylic oxidation sites excluding steroid dienone is 4. The van der Waals surface area contributed by atoms with Gasteiger partial charge in [-0.1, -0.05) is 19.1 Å². The van der Waals surface area contributed by atoms with Crippen LogP contribution in [0.5, 0.6) is 0 Å². The van der Waals surface area contributed by atoms with Gasteiger partial charge in [-0.05, 0) is 29.8 Å². The smallest absolute Gasteiger partial charge is 0.433 e. The SMILES string of the molecule is COC1=CC=C(OCCNCC(O)c2cc(C(F)(F)F)nc3c(C(F)(F)F)cccc23)CC1C. The topological polar surface area (TPSA) is 63.6 Å². The lowest BCUT2D eigenvalue weighted by molar-refractivity contribution is -0.142. The number of alkyl halides is 6. The molecule has 0 saturated carbocycles. The molecular weight excluding hydrogens is 466 g/mol. The molecule has 2 unspecified atom stereocenters. The Morgan fingerprint density at radius 2 is 1.88 bits per heavy atom. The van der Waals surface area contributed by atoms with E-state index in [0.717, 1.165) is 17.6 Å². The molecule has 1 aliphatic carbocycles. The third-order valence-electron chi connectivity index (χ3n) is 5.39. The number of hydrogen-bond acceptors (Lipinski definition) is 5. The molecule has 0 saturated heterocycles. The van der Waals surface area contributed by atoms with E-state index >= 15 is 0 Å². The molecule has 0 radical (unpaired) electrons. The van der Waals surface area contributed by atoms with E-state index < -0.39 is 35.2 Å². The number of benzene rings is 1. The number of ether oxygens (including phenoxy) is 2. The largest absolute Gasteiger partial charge is 0.501 e. The lowest BCUT2D eigenvalue weighted by atomic mass is 9.99. The summed E-state index contributed by atoms with van der Waals surface area (Å²) in [5.41, 5.74) is -3.95. The average Bonchev–Trinajstić information content (AvgIpc) is 2.76. The highest BCUT2D eigenvalue weighted by atomic mass is 19.4. The summed E-state index contributed by atoms with van der Waals surface area (Å²) in [6, 6.07) is 3.52. The maximum absolute atomic E-state index is 13.4. The molecule has 0 fully saturated rings. The fraction of sp³-hybridized carbons (Fsp3) is 0.435. The number of rotatable bonds is 8. The average molecular weight is 490 g/mol. The Kier molecular flexibility index (Phi) is 7.77. The van der Waals surface area contributed by atoms with Crippen LogP contribution in [0.3, 0.4) is 0 Å². The van der Waals surface area contributed by atoms with Crippen molar-refractivity contribution in [3.8, 4) is 0 Å². The van der Waals surface area contributed by atoms with E-state index in [9.17, 15) is 31.4 Å². The summed E-state index contributed by atoms with van der Waals surface area (Å²) < 4.78 is 90.9. The summed E-state index contributed by atoms with van der Waals surface area (Å²) >= 11 is 0. The van der Waals surface area contributed by atoms with Crippen LogP contribution >= 0.6 is 0 Å². The van der Waals surface area contributed by atoms with Crippen LogP contribution in [0.1, 0.15) is 36.3 Å². The van der Waals surface area contributed by atoms with Crippen molar-refractivity contribution in [2.24, 2.45) is 5.92 Å². The zero-order valence-electron chi connectivity index (χ0n) is 18.4. The fourth-order valence-electron chi connectivity index (χ4n) is 3.71. The van der Waals surface area contributed by atoms with Crippen molar-refractivity contribution in [2.75, 3.05) is 26.8 Å². The van der Waals surface area contributed by atoms with Crippen LogP contribution in [0.15, 0.2) is 47.9 Å². The number of aliphatic hydroxyl groups excluding tert-OH is 1. The number of nitrogens with one attached hydrogen (secondary N) is 1. The molecule has 3 rings (SSSR count). The number of pyridine rings is 1.